The summed E-state index contributed by atoms with van der Waals surface area (Å²) >= 11 is 0. The molecule has 2 aliphatic rings. The molecule has 1 aliphatic carbocycles. The second-order valence-corrected chi connectivity index (χ2v) is 10.3. The smallest absolute Gasteiger partial charge is 0.305 e. The second-order valence-electron chi connectivity index (χ2n) is 10.3. The maximum absolute atomic E-state index is 13.9. The van der Waals surface area contributed by atoms with Crippen molar-refractivity contribution < 1.29 is 23.5 Å². The molecule has 3 atom stereocenters. The van der Waals surface area contributed by atoms with Crippen LogP contribution in [0.1, 0.15) is 62.8 Å². The van der Waals surface area contributed by atoms with Gasteiger partial charge >= 0.3 is 5.97 Å². The van der Waals surface area contributed by atoms with Crippen molar-refractivity contribution in [3.8, 4) is 0 Å². The third-order valence-corrected chi connectivity index (χ3v) is 7.53. The summed E-state index contributed by atoms with van der Waals surface area (Å²) in [5.74, 6) is -1.30. The monoisotopic (exact) mass is 508 g/mol. The molecule has 1 aliphatic heterocycles. The Labute approximate surface area is 215 Å². The summed E-state index contributed by atoms with van der Waals surface area (Å²) in [7, 11) is 0. The van der Waals surface area contributed by atoms with Gasteiger partial charge in [-0.25, -0.2) is 4.39 Å². The van der Waals surface area contributed by atoms with Gasteiger partial charge in [-0.1, -0.05) is 44.2 Å². The van der Waals surface area contributed by atoms with Gasteiger partial charge in [0.2, 0.25) is 5.91 Å². The van der Waals surface area contributed by atoms with Gasteiger partial charge in [0.15, 0.2) is 5.58 Å². The Kier molecular flexibility index (Phi) is 7.58. The van der Waals surface area contributed by atoms with E-state index in [2.05, 4.69) is 20.9 Å². The van der Waals surface area contributed by atoms with Crippen LogP contribution in [0.15, 0.2) is 46.9 Å². The van der Waals surface area contributed by atoms with Crippen molar-refractivity contribution >= 4 is 34.7 Å². The van der Waals surface area contributed by atoms with Crippen LogP contribution in [0.3, 0.4) is 0 Å². The first-order valence-corrected chi connectivity index (χ1v) is 13.1. The molecule has 2 heterocycles. The average molecular weight is 509 g/mol. The van der Waals surface area contributed by atoms with E-state index < -0.39 is 18.1 Å². The number of carboxylic acids is 1. The fourth-order valence-electron chi connectivity index (χ4n) is 5.71. The van der Waals surface area contributed by atoms with Crippen molar-refractivity contribution in [3.05, 3.63) is 53.8 Å². The van der Waals surface area contributed by atoms with E-state index in [0.717, 1.165) is 36.9 Å². The third kappa shape index (κ3) is 6.21. The first-order valence-electron chi connectivity index (χ1n) is 13.1. The molecule has 0 bridgehead atoms. The summed E-state index contributed by atoms with van der Waals surface area (Å²) in [6, 6.07) is 11.0. The van der Waals surface area contributed by atoms with Crippen LogP contribution in [-0.4, -0.2) is 40.6 Å². The highest BCUT2D eigenvalue weighted by Crippen LogP contribution is 2.35. The summed E-state index contributed by atoms with van der Waals surface area (Å²) in [6.45, 7) is 0.567. The lowest BCUT2D eigenvalue weighted by atomic mass is 9.84. The van der Waals surface area contributed by atoms with Gasteiger partial charge in [-0.2, -0.15) is 4.98 Å². The zero-order valence-corrected chi connectivity index (χ0v) is 20.7. The van der Waals surface area contributed by atoms with E-state index in [1.54, 1.807) is 6.07 Å². The number of hydrogen-bond acceptors (Lipinski definition) is 6. The van der Waals surface area contributed by atoms with Crippen LogP contribution >= 0.6 is 0 Å². The molecular weight excluding hydrogens is 475 g/mol. The zero-order valence-electron chi connectivity index (χ0n) is 20.7. The average Bonchev–Trinajstić information content (AvgIpc) is 3.47. The summed E-state index contributed by atoms with van der Waals surface area (Å²) in [4.78, 5) is 29.7. The molecule has 9 heteroatoms. The van der Waals surface area contributed by atoms with Crippen molar-refractivity contribution in [3.63, 3.8) is 0 Å². The Bertz CT molecular complexity index is 1220. The number of aromatic nitrogens is 1. The minimum absolute atomic E-state index is 0.0999. The molecule has 1 aromatic heterocycles. The number of nitrogens with zero attached hydrogens (tertiary/aromatic N) is 1. The Hall–Kier alpha value is -3.62. The number of halogens is 1. The molecule has 8 nitrogen and oxygen atoms in total. The standard InChI is InChI=1S/C28H33FN4O4/c29-19-10-11-22-21(14-19)18(16-30-22)13-20(15-26(34)35)31-27(36)24(12-17-6-2-1-3-7-17)33-28-32-23-8-4-5-9-25(23)37-28/h4-5,8-11,14,17-18,20,24,30H,1-3,6-7,12-13,15-16H2,(H,31,36)(H,32,33)(H,34,35)/t18?,20-,24-/m0/s1. The van der Waals surface area contributed by atoms with Gasteiger partial charge in [0.05, 0.1) is 6.42 Å². The Morgan fingerprint density at radius 1 is 1.14 bits per heavy atom. The molecular formula is C28H33FN4O4. The Morgan fingerprint density at radius 3 is 2.73 bits per heavy atom. The largest absolute Gasteiger partial charge is 0.481 e. The van der Waals surface area contributed by atoms with Crippen molar-refractivity contribution in [2.45, 2.75) is 69.4 Å². The minimum Gasteiger partial charge on any atom is -0.481 e. The number of aliphatic carboxylic acids is 1. The van der Waals surface area contributed by atoms with Gasteiger partial charge in [-0.15, -0.1) is 0 Å². The molecule has 0 radical (unpaired) electrons. The first-order chi connectivity index (χ1) is 17.9. The number of carbonyl (C=O) groups is 2. The normalized spacial score (nSPS) is 19.1. The fraction of sp³-hybridized carbons (Fsp3) is 0.464. The van der Waals surface area contributed by atoms with Gasteiger partial charge < -0.3 is 25.5 Å². The molecule has 1 saturated carbocycles. The highest BCUT2D eigenvalue weighted by molar-refractivity contribution is 5.85. The molecule has 0 saturated heterocycles. The molecule has 0 spiro atoms. The van der Waals surface area contributed by atoms with E-state index in [1.165, 1.54) is 18.6 Å². The molecule has 1 fully saturated rings. The van der Waals surface area contributed by atoms with Crippen molar-refractivity contribution in [1.29, 1.82) is 0 Å². The van der Waals surface area contributed by atoms with Crippen LogP contribution in [0.2, 0.25) is 0 Å². The Morgan fingerprint density at radius 2 is 1.95 bits per heavy atom. The summed E-state index contributed by atoms with van der Waals surface area (Å²) in [5, 5.41) is 19.0. The molecule has 4 N–H and O–H groups in total. The van der Waals surface area contributed by atoms with Crippen molar-refractivity contribution in [2.75, 3.05) is 17.2 Å². The number of hydrogen-bond donors (Lipinski definition) is 4. The fourth-order valence-corrected chi connectivity index (χ4v) is 5.71. The van der Waals surface area contributed by atoms with Gasteiger partial charge in [0.25, 0.3) is 6.01 Å². The van der Waals surface area contributed by atoms with Crippen LogP contribution in [0.4, 0.5) is 16.1 Å². The van der Waals surface area contributed by atoms with E-state index in [-0.39, 0.29) is 30.1 Å². The predicted octanol–water partition coefficient (Wildman–Crippen LogP) is 5.28. The topological polar surface area (TPSA) is 116 Å². The third-order valence-electron chi connectivity index (χ3n) is 7.53. The van der Waals surface area contributed by atoms with E-state index in [1.807, 2.05) is 24.3 Å². The quantitative estimate of drug-likeness (QED) is 0.295. The highest BCUT2D eigenvalue weighted by atomic mass is 19.1. The van der Waals surface area contributed by atoms with Crippen LogP contribution in [0, 0.1) is 11.7 Å². The number of fused-ring (bicyclic) bond motifs is 2. The van der Waals surface area contributed by atoms with Gasteiger partial charge in [-0.05, 0) is 54.7 Å². The van der Waals surface area contributed by atoms with Crippen LogP contribution in [0.25, 0.3) is 11.1 Å². The number of amides is 1. The number of oxazole rings is 1. The lowest BCUT2D eigenvalue weighted by Crippen LogP contribution is -2.46. The maximum Gasteiger partial charge on any atom is 0.305 e. The van der Waals surface area contributed by atoms with Gasteiger partial charge in [0, 0.05) is 24.2 Å². The number of carbonyl (C=O) groups excluding carboxylic acids is 1. The van der Waals surface area contributed by atoms with E-state index in [9.17, 15) is 19.1 Å². The summed E-state index contributed by atoms with van der Waals surface area (Å²) in [6.07, 6.45) is 6.42. The predicted molar refractivity (Wildman–Crippen MR) is 139 cm³/mol. The SMILES string of the molecule is O=C(O)C[C@H](CC1CNc2ccc(F)cc21)NC(=O)[C@H](CC1CCCCC1)Nc1nc2ccccc2o1. The van der Waals surface area contributed by atoms with Crippen molar-refractivity contribution in [1.82, 2.24) is 10.3 Å². The minimum atomic E-state index is -0.994. The first kappa shape index (κ1) is 25.0. The molecule has 37 heavy (non-hydrogen) atoms. The van der Waals surface area contributed by atoms with Crippen LogP contribution < -0.4 is 16.0 Å². The molecule has 196 valence electrons. The summed E-state index contributed by atoms with van der Waals surface area (Å²) < 4.78 is 19.7. The molecule has 5 rings (SSSR count). The maximum atomic E-state index is 13.9. The molecule has 2 aromatic carbocycles. The number of nitrogens with one attached hydrogen (secondary N) is 3. The van der Waals surface area contributed by atoms with Crippen LogP contribution in [0.5, 0.6) is 0 Å². The number of benzene rings is 2. The number of para-hydroxylation sites is 2. The van der Waals surface area contributed by atoms with E-state index >= 15 is 0 Å². The summed E-state index contributed by atoms with van der Waals surface area (Å²) in [5.41, 5.74) is 2.99. The zero-order chi connectivity index (χ0) is 25.8. The lowest BCUT2D eigenvalue weighted by Gasteiger charge is -2.28. The highest BCUT2D eigenvalue weighted by Gasteiger charge is 2.31. The van der Waals surface area contributed by atoms with E-state index in [4.69, 9.17) is 4.42 Å². The molecule has 1 amide bonds. The number of rotatable bonds is 10. The number of anilines is 2. The van der Waals surface area contributed by atoms with Gasteiger partial charge in [0.1, 0.15) is 17.4 Å². The van der Waals surface area contributed by atoms with E-state index in [0.29, 0.717) is 36.4 Å². The molecule has 1 unspecified atom stereocenters. The second kappa shape index (κ2) is 11.2. The lowest BCUT2D eigenvalue weighted by molar-refractivity contribution is -0.137. The Balaban J connectivity index is 1.32. The van der Waals surface area contributed by atoms with Crippen molar-refractivity contribution in [2.24, 2.45) is 5.92 Å². The van der Waals surface area contributed by atoms with Crippen LogP contribution in [-0.2, 0) is 9.59 Å². The molecule has 3 aromatic rings. The number of carboxylic acid groups (broad SMARTS) is 1. The van der Waals surface area contributed by atoms with Gasteiger partial charge in [-0.3, -0.25) is 9.59 Å².